The normalized spacial score (nSPS) is 17.9. The Balaban J connectivity index is 1.64. The maximum absolute atomic E-state index is 5.65. The largest absolute Gasteiger partial charge is 0.491 e. The highest BCUT2D eigenvalue weighted by Crippen LogP contribution is 2.14. The van der Waals surface area contributed by atoms with E-state index in [0.29, 0.717) is 26.4 Å². The van der Waals surface area contributed by atoms with Crippen molar-refractivity contribution in [2.45, 2.75) is 25.4 Å². The van der Waals surface area contributed by atoms with Crippen LogP contribution in [0.2, 0.25) is 0 Å². The summed E-state index contributed by atoms with van der Waals surface area (Å²) < 4.78 is 16.9. The second kappa shape index (κ2) is 9.41. The van der Waals surface area contributed by atoms with Gasteiger partial charge < -0.3 is 19.9 Å². The smallest absolute Gasteiger partial charge is 0.120 e. The van der Waals surface area contributed by atoms with Crippen LogP contribution in [0.4, 0.5) is 0 Å². The molecule has 1 aromatic carbocycles. The van der Waals surface area contributed by atoms with Crippen molar-refractivity contribution in [1.82, 2.24) is 0 Å². The van der Waals surface area contributed by atoms with Crippen LogP contribution in [0.5, 0.6) is 5.75 Å². The van der Waals surface area contributed by atoms with E-state index in [2.05, 4.69) is 11.8 Å². The molecular weight excluding hydrogens is 266 g/mol. The van der Waals surface area contributed by atoms with Gasteiger partial charge in [-0.1, -0.05) is 17.9 Å². The number of rotatable bonds is 6. The summed E-state index contributed by atoms with van der Waals surface area (Å²) in [5.41, 5.74) is 6.27. The molecule has 0 aromatic heterocycles. The van der Waals surface area contributed by atoms with Gasteiger partial charge in [-0.25, -0.2) is 0 Å². The monoisotopic (exact) mass is 289 g/mol. The van der Waals surface area contributed by atoms with E-state index >= 15 is 0 Å². The summed E-state index contributed by atoms with van der Waals surface area (Å²) in [5.74, 6) is 6.62. The minimum atomic E-state index is 0.258. The van der Waals surface area contributed by atoms with Crippen LogP contribution in [0.25, 0.3) is 0 Å². The van der Waals surface area contributed by atoms with Crippen molar-refractivity contribution in [3.63, 3.8) is 0 Å². The van der Waals surface area contributed by atoms with Crippen LogP contribution in [0.3, 0.4) is 0 Å². The lowest BCUT2D eigenvalue weighted by atomic mass is 10.1. The summed E-state index contributed by atoms with van der Waals surface area (Å²) in [6, 6.07) is 7.68. The topological polar surface area (TPSA) is 53.7 Å². The molecule has 1 heterocycles. The molecule has 1 fully saturated rings. The summed E-state index contributed by atoms with van der Waals surface area (Å²) in [6.07, 6.45) is 3.76. The molecular formula is C17H23NO3. The molecule has 1 unspecified atom stereocenters. The highest BCUT2D eigenvalue weighted by molar-refractivity contribution is 5.39. The maximum Gasteiger partial charge on any atom is 0.120 e. The van der Waals surface area contributed by atoms with Crippen molar-refractivity contribution in [3.8, 4) is 17.6 Å². The van der Waals surface area contributed by atoms with Gasteiger partial charge in [0.05, 0.1) is 25.9 Å². The number of ether oxygens (including phenoxy) is 3. The summed E-state index contributed by atoms with van der Waals surface area (Å²) in [5, 5.41) is 0. The first-order valence-electron chi connectivity index (χ1n) is 7.49. The number of hydrogen-bond donors (Lipinski definition) is 1. The lowest BCUT2D eigenvalue weighted by molar-refractivity contribution is -0.0444. The second-order valence-corrected chi connectivity index (χ2v) is 4.95. The first-order valence-corrected chi connectivity index (χ1v) is 7.49. The number of nitrogens with two attached hydrogens (primary N) is 1. The minimum absolute atomic E-state index is 0.258. The van der Waals surface area contributed by atoms with Crippen LogP contribution < -0.4 is 10.5 Å². The lowest BCUT2D eigenvalue weighted by Gasteiger charge is -2.22. The molecule has 0 saturated carbocycles. The van der Waals surface area contributed by atoms with Crippen LogP contribution in [0, 0.1) is 11.8 Å². The molecule has 1 atom stereocenters. The van der Waals surface area contributed by atoms with Crippen molar-refractivity contribution >= 4 is 0 Å². The zero-order valence-electron chi connectivity index (χ0n) is 12.3. The van der Waals surface area contributed by atoms with Gasteiger partial charge in [0.2, 0.25) is 0 Å². The minimum Gasteiger partial charge on any atom is -0.491 e. The molecule has 2 N–H and O–H groups in total. The van der Waals surface area contributed by atoms with Crippen molar-refractivity contribution in [2.24, 2.45) is 5.73 Å². The summed E-state index contributed by atoms with van der Waals surface area (Å²) >= 11 is 0. The molecule has 2 rings (SSSR count). The first kappa shape index (κ1) is 15.8. The molecule has 1 aliphatic heterocycles. The summed E-state index contributed by atoms with van der Waals surface area (Å²) in [6.45, 7) is 2.98. The third-order valence-electron chi connectivity index (χ3n) is 3.24. The lowest BCUT2D eigenvalue weighted by Crippen LogP contribution is -2.25. The Morgan fingerprint density at radius 3 is 3.05 bits per heavy atom. The fourth-order valence-corrected chi connectivity index (χ4v) is 2.19. The van der Waals surface area contributed by atoms with Crippen molar-refractivity contribution in [1.29, 1.82) is 0 Å². The van der Waals surface area contributed by atoms with Crippen LogP contribution in [-0.4, -0.2) is 39.1 Å². The van der Waals surface area contributed by atoms with Gasteiger partial charge in [0, 0.05) is 12.2 Å². The predicted molar refractivity (Wildman–Crippen MR) is 82.3 cm³/mol. The Morgan fingerprint density at radius 2 is 2.24 bits per heavy atom. The van der Waals surface area contributed by atoms with Gasteiger partial charge in [-0.2, -0.15) is 0 Å². The Bertz CT molecular complexity index is 472. The number of hydrogen-bond acceptors (Lipinski definition) is 4. The van der Waals surface area contributed by atoms with Crippen molar-refractivity contribution < 1.29 is 14.2 Å². The van der Waals surface area contributed by atoms with Gasteiger partial charge in [0.15, 0.2) is 0 Å². The number of benzene rings is 1. The molecule has 1 saturated heterocycles. The summed E-state index contributed by atoms with van der Waals surface area (Å²) in [4.78, 5) is 0. The molecule has 1 aliphatic rings. The average molecular weight is 289 g/mol. The Hall–Kier alpha value is -1.54. The molecule has 114 valence electrons. The zero-order chi connectivity index (χ0) is 14.8. The molecule has 0 aliphatic carbocycles. The molecule has 0 bridgehead atoms. The maximum atomic E-state index is 5.65. The SMILES string of the molecule is NCC#Cc1cccc(OCCOCC2CCCCO2)c1. The van der Waals surface area contributed by atoms with Crippen molar-refractivity contribution in [3.05, 3.63) is 29.8 Å². The van der Waals surface area contributed by atoms with Crippen LogP contribution in [-0.2, 0) is 9.47 Å². The molecule has 4 heteroatoms. The molecule has 4 nitrogen and oxygen atoms in total. The molecule has 0 spiro atoms. The fourth-order valence-electron chi connectivity index (χ4n) is 2.19. The van der Waals surface area contributed by atoms with Gasteiger partial charge in [0.1, 0.15) is 12.4 Å². The average Bonchev–Trinajstić information content (AvgIpc) is 2.54. The fraction of sp³-hybridized carbons (Fsp3) is 0.529. The molecule has 0 radical (unpaired) electrons. The van der Waals surface area contributed by atoms with E-state index in [0.717, 1.165) is 24.3 Å². The van der Waals surface area contributed by atoms with E-state index in [1.54, 1.807) is 0 Å². The van der Waals surface area contributed by atoms with Crippen molar-refractivity contribution in [2.75, 3.05) is 33.0 Å². The van der Waals surface area contributed by atoms with E-state index in [1.807, 2.05) is 24.3 Å². The molecule has 1 aromatic rings. The predicted octanol–water partition coefficient (Wildman–Crippen LogP) is 1.96. The van der Waals surface area contributed by atoms with E-state index in [-0.39, 0.29) is 6.10 Å². The first-order chi connectivity index (χ1) is 10.4. The quantitative estimate of drug-likeness (QED) is 0.642. The van der Waals surface area contributed by atoms with E-state index in [1.165, 1.54) is 12.8 Å². The summed E-state index contributed by atoms with van der Waals surface area (Å²) in [7, 11) is 0. The zero-order valence-corrected chi connectivity index (χ0v) is 12.3. The molecule has 0 amide bonds. The van der Waals surface area contributed by atoms with Crippen LogP contribution in [0.15, 0.2) is 24.3 Å². The van der Waals surface area contributed by atoms with E-state index < -0.39 is 0 Å². The van der Waals surface area contributed by atoms with Gasteiger partial charge >= 0.3 is 0 Å². The van der Waals surface area contributed by atoms with Gasteiger partial charge in [0.25, 0.3) is 0 Å². The van der Waals surface area contributed by atoms with Crippen LogP contribution in [0.1, 0.15) is 24.8 Å². The van der Waals surface area contributed by atoms with Gasteiger partial charge in [-0.15, -0.1) is 0 Å². The third-order valence-corrected chi connectivity index (χ3v) is 3.24. The Labute approximate surface area is 126 Å². The van der Waals surface area contributed by atoms with Gasteiger partial charge in [-0.05, 0) is 37.5 Å². The second-order valence-electron chi connectivity index (χ2n) is 4.95. The Kier molecular flexibility index (Phi) is 7.10. The third kappa shape index (κ3) is 6.17. The Morgan fingerprint density at radius 1 is 1.29 bits per heavy atom. The molecule has 21 heavy (non-hydrogen) atoms. The highest BCUT2D eigenvalue weighted by atomic mass is 16.5. The highest BCUT2D eigenvalue weighted by Gasteiger charge is 2.13. The van der Waals surface area contributed by atoms with Gasteiger partial charge in [-0.3, -0.25) is 0 Å². The van der Waals surface area contributed by atoms with Crippen LogP contribution >= 0.6 is 0 Å². The standard InChI is InChI=1S/C17H23NO3/c18-9-4-6-15-5-3-8-16(13-15)21-12-11-19-14-17-7-1-2-10-20-17/h3,5,8,13,17H,1-2,7,9-12,14,18H2. The van der Waals surface area contributed by atoms with E-state index in [9.17, 15) is 0 Å². The van der Waals surface area contributed by atoms with E-state index in [4.69, 9.17) is 19.9 Å².